The molecule has 12 nitrogen and oxygen atoms in total. The van der Waals surface area contributed by atoms with Gasteiger partial charge in [0, 0.05) is 13.0 Å². The minimum absolute atomic E-state index is 0.0910. The molecule has 0 bridgehead atoms. The summed E-state index contributed by atoms with van der Waals surface area (Å²) in [5.41, 5.74) is 0. The molecule has 0 aromatic heterocycles. The summed E-state index contributed by atoms with van der Waals surface area (Å²) in [5.74, 6) is -0.497. The van der Waals surface area contributed by atoms with Gasteiger partial charge in [0.2, 0.25) is 0 Å². The van der Waals surface area contributed by atoms with Gasteiger partial charge < -0.3 is 39.9 Å². The fourth-order valence-corrected chi connectivity index (χ4v) is 7.34. The molecule has 0 saturated heterocycles. The summed E-state index contributed by atoms with van der Waals surface area (Å²) < 4.78 is 34.1. The first-order valence-corrected chi connectivity index (χ1v) is 23.5. The van der Waals surface area contributed by atoms with E-state index in [9.17, 15) is 39.8 Å². The highest BCUT2D eigenvalue weighted by molar-refractivity contribution is 7.47. The number of carbonyl (C=O) groups is 1. The van der Waals surface area contributed by atoms with Crippen LogP contribution in [0.5, 0.6) is 0 Å². The van der Waals surface area contributed by atoms with Gasteiger partial charge in [-0.25, -0.2) is 4.57 Å². The summed E-state index contributed by atoms with van der Waals surface area (Å²) in [6, 6.07) is 0. The van der Waals surface area contributed by atoms with Crippen LogP contribution < -0.4 is 0 Å². The molecule has 0 aromatic rings. The van der Waals surface area contributed by atoms with Gasteiger partial charge in [-0.2, -0.15) is 0 Å². The SMILES string of the molecule is CCC/C=C\C/C=C\CCCCCCCCOCC(COP(=O)(O)OC1C(O)C(O)C(O)C(O)C1O)OC(=O)CCCCCCC/C=C\C/C=C\CCCCCC. The van der Waals surface area contributed by atoms with E-state index in [1.165, 1.54) is 32.1 Å². The molecule has 0 radical (unpaired) electrons. The van der Waals surface area contributed by atoms with Crippen LogP contribution in [-0.4, -0.2) is 98.9 Å². The number of hydrogen-bond acceptors (Lipinski definition) is 11. The molecule has 1 aliphatic carbocycles. The average Bonchev–Trinajstić information content (AvgIpc) is 3.19. The monoisotopic (exact) mass is 831 g/mol. The maximum absolute atomic E-state index is 12.8. The molecule has 6 N–H and O–H groups in total. The lowest BCUT2D eigenvalue weighted by Crippen LogP contribution is -2.64. The molecule has 6 atom stereocenters. The average molecular weight is 831 g/mol. The molecule has 332 valence electrons. The minimum atomic E-state index is -5.02. The van der Waals surface area contributed by atoms with Gasteiger partial charge in [0.25, 0.3) is 0 Å². The maximum atomic E-state index is 12.8. The van der Waals surface area contributed by atoms with Crippen molar-refractivity contribution in [3.8, 4) is 0 Å². The number of unbranched alkanes of at least 4 members (excludes halogenated alkanes) is 16. The zero-order valence-corrected chi connectivity index (χ0v) is 36.0. The van der Waals surface area contributed by atoms with Gasteiger partial charge >= 0.3 is 13.8 Å². The first-order valence-electron chi connectivity index (χ1n) is 22.0. The molecule has 1 rings (SSSR count). The first kappa shape index (κ1) is 53.3. The Bertz CT molecular complexity index is 1130. The minimum Gasteiger partial charge on any atom is -0.457 e. The Hall–Kier alpha value is -1.70. The van der Waals surface area contributed by atoms with E-state index >= 15 is 0 Å². The molecule has 0 amide bonds. The number of hydrogen-bond donors (Lipinski definition) is 6. The van der Waals surface area contributed by atoms with Crippen LogP contribution in [0, 0.1) is 0 Å². The largest absolute Gasteiger partial charge is 0.472 e. The second kappa shape index (κ2) is 35.1. The Morgan fingerprint density at radius 2 is 1.02 bits per heavy atom. The predicted molar refractivity (Wildman–Crippen MR) is 225 cm³/mol. The molecule has 6 unspecified atom stereocenters. The van der Waals surface area contributed by atoms with Gasteiger partial charge in [0.15, 0.2) is 0 Å². The van der Waals surface area contributed by atoms with Crippen LogP contribution in [0.3, 0.4) is 0 Å². The normalized spacial score (nSPS) is 23.3. The molecule has 1 aliphatic rings. The van der Waals surface area contributed by atoms with Gasteiger partial charge in [0.1, 0.15) is 42.7 Å². The van der Waals surface area contributed by atoms with E-state index in [1.54, 1.807) is 0 Å². The summed E-state index contributed by atoms with van der Waals surface area (Å²) in [4.78, 5) is 23.1. The fourth-order valence-electron chi connectivity index (χ4n) is 6.36. The smallest absolute Gasteiger partial charge is 0.457 e. The van der Waals surface area contributed by atoms with Crippen molar-refractivity contribution >= 4 is 13.8 Å². The third kappa shape index (κ3) is 27.6. The summed E-state index contributed by atoms with van der Waals surface area (Å²) in [6.07, 6.45) is 28.9. The second-order valence-corrected chi connectivity index (χ2v) is 16.6. The Morgan fingerprint density at radius 3 is 1.54 bits per heavy atom. The van der Waals surface area contributed by atoms with E-state index in [0.717, 1.165) is 103 Å². The number of carbonyl (C=O) groups excluding carboxylic acids is 1. The van der Waals surface area contributed by atoms with E-state index < -0.39 is 63.1 Å². The van der Waals surface area contributed by atoms with Crippen molar-refractivity contribution in [2.45, 2.75) is 204 Å². The molecule has 0 heterocycles. The Morgan fingerprint density at radius 1 is 0.561 bits per heavy atom. The van der Waals surface area contributed by atoms with Crippen LogP contribution in [0.1, 0.15) is 162 Å². The van der Waals surface area contributed by atoms with Crippen molar-refractivity contribution < 1.29 is 58.3 Å². The number of allylic oxidation sites excluding steroid dienone is 8. The topological polar surface area (TPSA) is 192 Å². The summed E-state index contributed by atoms with van der Waals surface area (Å²) in [5, 5.41) is 50.1. The lowest BCUT2D eigenvalue weighted by molar-refractivity contribution is -0.220. The van der Waals surface area contributed by atoms with Crippen molar-refractivity contribution in [1.82, 2.24) is 0 Å². The van der Waals surface area contributed by atoms with Gasteiger partial charge in [-0.1, -0.05) is 133 Å². The molecule has 0 aromatic carbocycles. The zero-order chi connectivity index (χ0) is 42.0. The number of aliphatic hydroxyl groups excluding tert-OH is 5. The molecule has 0 aliphatic heterocycles. The molecular formula is C44H79O12P. The molecular weight excluding hydrogens is 751 g/mol. The quantitative estimate of drug-likeness (QED) is 0.0153. The van der Waals surface area contributed by atoms with Crippen molar-refractivity contribution in [3.63, 3.8) is 0 Å². The summed E-state index contributed by atoms with van der Waals surface area (Å²) in [7, 11) is -5.02. The molecule has 1 fully saturated rings. The van der Waals surface area contributed by atoms with Crippen molar-refractivity contribution in [3.05, 3.63) is 48.6 Å². The van der Waals surface area contributed by atoms with E-state index in [0.29, 0.717) is 13.0 Å². The van der Waals surface area contributed by atoms with E-state index in [1.807, 2.05) is 0 Å². The lowest BCUT2D eigenvalue weighted by atomic mass is 9.85. The summed E-state index contributed by atoms with van der Waals surface area (Å²) in [6.45, 7) is 4.12. The summed E-state index contributed by atoms with van der Waals surface area (Å²) >= 11 is 0. The number of rotatable bonds is 36. The molecule has 0 spiro atoms. The van der Waals surface area contributed by atoms with E-state index in [4.69, 9.17) is 18.5 Å². The molecule has 1 saturated carbocycles. The molecule has 57 heavy (non-hydrogen) atoms. The number of phosphoric ester groups is 1. The zero-order valence-electron chi connectivity index (χ0n) is 35.1. The Labute approximate surface area is 344 Å². The van der Waals surface area contributed by atoms with Crippen molar-refractivity contribution in [2.75, 3.05) is 19.8 Å². The second-order valence-electron chi connectivity index (χ2n) is 15.2. The van der Waals surface area contributed by atoms with Crippen LogP contribution in [0.25, 0.3) is 0 Å². The first-order chi connectivity index (χ1) is 27.5. The van der Waals surface area contributed by atoms with Gasteiger partial charge in [-0.3, -0.25) is 13.8 Å². The van der Waals surface area contributed by atoms with Gasteiger partial charge in [-0.05, 0) is 70.6 Å². The number of esters is 1. The predicted octanol–water partition coefficient (Wildman–Crippen LogP) is 8.47. The van der Waals surface area contributed by atoms with Crippen molar-refractivity contribution in [1.29, 1.82) is 0 Å². The maximum Gasteiger partial charge on any atom is 0.472 e. The third-order valence-electron chi connectivity index (χ3n) is 9.91. The van der Waals surface area contributed by atoms with Crippen LogP contribution in [-0.2, 0) is 27.9 Å². The standard InChI is InChI=1S/C44H79O12P/c1-3-5-7-9-11-13-15-17-19-20-21-23-25-27-29-31-33-38(45)55-37(35-53-34-32-30-28-26-24-22-18-16-14-12-10-8-6-4-2)36-54-57(51,52)56-44-42(49)40(47)39(46)41(48)43(44)50/h8,10,13-16,19-20,37,39-44,46-50H,3-7,9,11-12,17-18,21-36H2,1-2H3,(H,51,52)/b10-8-,15-13-,16-14-,20-19-. The van der Waals surface area contributed by atoms with Crippen LogP contribution >= 0.6 is 7.82 Å². The highest BCUT2D eigenvalue weighted by Crippen LogP contribution is 2.47. The van der Waals surface area contributed by atoms with Gasteiger partial charge in [-0.15, -0.1) is 0 Å². The van der Waals surface area contributed by atoms with Crippen molar-refractivity contribution in [2.24, 2.45) is 0 Å². The van der Waals surface area contributed by atoms with Crippen LogP contribution in [0.2, 0.25) is 0 Å². The van der Waals surface area contributed by atoms with Gasteiger partial charge in [0.05, 0.1) is 13.2 Å². The van der Waals surface area contributed by atoms with Crippen LogP contribution in [0.15, 0.2) is 48.6 Å². The van der Waals surface area contributed by atoms with Crippen LogP contribution in [0.4, 0.5) is 0 Å². The number of phosphoric acid groups is 1. The highest BCUT2D eigenvalue weighted by Gasteiger charge is 2.51. The molecule has 13 heteroatoms. The Kier molecular flexibility index (Phi) is 32.8. The number of ether oxygens (including phenoxy) is 2. The van der Waals surface area contributed by atoms with E-state index in [2.05, 4.69) is 62.5 Å². The lowest BCUT2D eigenvalue weighted by Gasteiger charge is -2.41. The number of aliphatic hydroxyl groups is 5. The highest BCUT2D eigenvalue weighted by atomic mass is 31.2. The van der Waals surface area contributed by atoms with E-state index in [-0.39, 0.29) is 13.0 Å². The Balaban J connectivity index is 2.44. The third-order valence-corrected chi connectivity index (χ3v) is 10.9. The fraction of sp³-hybridized carbons (Fsp3) is 0.795.